The van der Waals surface area contributed by atoms with Crippen LogP contribution < -0.4 is 5.73 Å². The molecule has 1 unspecified atom stereocenters. The van der Waals surface area contributed by atoms with E-state index in [0.29, 0.717) is 35.3 Å². The largest absolute Gasteiger partial charge is 0.369 e. The Kier molecular flexibility index (Phi) is 7.07. The molecule has 2 N–H and O–H groups in total. The predicted molar refractivity (Wildman–Crippen MR) is 125 cm³/mol. The fourth-order valence-corrected chi connectivity index (χ4v) is 4.58. The molecular formula is C24H27Cl2N3O2. The number of carbonyl (C=O) groups is 2. The number of amides is 1. The van der Waals surface area contributed by atoms with Crippen molar-refractivity contribution < 1.29 is 9.59 Å². The first-order valence-electron chi connectivity index (χ1n) is 10.3. The van der Waals surface area contributed by atoms with Crippen molar-refractivity contribution in [3.8, 4) is 0 Å². The van der Waals surface area contributed by atoms with Crippen LogP contribution in [-0.4, -0.2) is 28.1 Å². The Morgan fingerprint density at radius 1 is 1.03 bits per heavy atom. The highest BCUT2D eigenvalue weighted by Gasteiger charge is 2.43. The van der Waals surface area contributed by atoms with Crippen LogP contribution in [0.1, 0.15) is 43.9 Å². The van der Waals surface area contributed by atoms with Gasteiger partial charge in [-0.1, -0.05) is 61.3 Å². The second-order valence-electron chi connectivity index (χ2n) is 8.72. The van der Waals surface area contributed by atoms with E-state index in [-0.39, 0.29) is 24.1 Å². The van der Waals surface area contributed by atoms with Gasteiger partial charge in [-0.25, -0.2) is 4.99 Å². The highest BCUT2D eigenvalue weighted by Crippen LogP contribution is 2.29. The van der Waals surface area contributed by atoms with Crippen LogP contribution in [0.2, 0.25) is 10.0 Å². The van der Waals surface area contributed by atoms with Gasteiger partial charge >= 0.3 is 0 Å². The number of hydrogen-bond acceptors (Lipinski definition) is 4. The number of carbonyl (C=O) groups excluding carboxylic acids is 2. The number of guanidine groups is 1. The minimum absolute atomic E-state index is 0.0710. The monoisotopic (exact) mass is 459 g/mol. The summed E-state index contributed by atoms with van der Waals surface area (Å²) in [4.78, 5) is 31.3. The van der Waals surface area contributed by atoms with Crippen molar-refractivity contribution in [2.75, 3.05) is 0 Å². The third-order valence-electron chi connectivity index (χ3n) is 5.24. The fourth-order valence-electron chi connectivity index (χ4n) is 4.01. The van der Waals surface area contributed by atoms with Crippen molar-refractivity contribution >= 4 is 40.9 Å². The first-order valence-corrected chi connectivity index (χ1v) is 11.0. The van der Waals surface area contributed by atoms with Crippen LogP contribution in [0.25, 0.3) is 0 Å². The maximum absolute atomic E-state index is 12.9. The highest BCUT2D eigenvalue weighted by molar-refractivity contribution is 6.34. The van der Waals surface area contributed by atoms with Crippen LogP contribution >= 0.6 is 23.2 Å². The number of nitrogens with zero attached hydrogens (tertiary/aromatic N) is 2. The molecule has 2 aromatic carbocycles. The van der Waals surface area contributed by atoms with E-state index in [1.165, 1.54) is 4.90 Å². The average Bonchev–Trinajstić information content (AvgIpc) is 2.84. The highest BCUT2D eigenvalue weighted by atomic mass is 35.5. The molecule has 0 aliphatic carbocycles. The molecule has 5 nitrogen and oxygen atoms in total. The molecule has 0 saturated heterocycles. The minimum Gasteiger partial charge on any atom is -0.369 e. The van der Waals surface area contributed by atoms with Crippen molar-refractivity contribution in [1.82, 2.24) is 4.90 Å². The van der Waals surface area contributed by atoms with E-state index in [2.05, 4.69) is 18.8 Å². The lowest BCUT2D eigenvalue weighted by Crippen LogP contribution is -2.43. The smallest absolute Gasteiger partial charge is 0.257 e. The van der Waals surface area contributed by atoms with Gasteiger partial charge in [0.2, 0.25) is 0 Å². The lowest BCUT2D eigenvalue weighted by Gasteiger charge is -2.23. The Labute approximate surface area is 193 Å². The minimum atomic E-state index is -0.798. The molecule has 1 aliphatic heterocycles. The summed E-state index contributed by atoms with van der Waals surface area (Å²) < 4.78 is 0. The van der Waals surface area contributed by atoms with Crippen molar-refractivity contribution in [3.63, 3.8) is 0 Å². The molecule has 164 valence electrons. The Morgan fingerprint density at radius 3 is 2.16 bits per heavy atom. The summed E-state index contributed by atoms with van der Waals surface area (Å²) in [6, 6.07) is 12.8. The van der Waals surface area contributed by atoms with Crippen molar-refractivity contribution in [2.45, 2.75) is 52.1 Å². The van der Waals surface area contributed by atoms with E-state index in [0.717, 1.165) is 16.7 Å². The third-order valence-corrected chi connectivity index (χ3v) is 5.67. The van der Waals surface area contributed by atoms with Crippen molar-refractivity contribution in [2.24, 2.45) is 16.6 Å². The normalized spacial score (nSPS) is 18.6. The van der Waals surface area contributed by atoms with Gasteiger partial charge in [-0.05, 0) is 54.2 Å². The standard InChI is InChI=1S/C24H27Cl2N3O2/c1-15(2)13-24(3)22(31)29(23(27)28-24)14-17-6-4-16(5-7-17)10-21(30)11-18-8-19(25)12-20(26)9-18/h4-9,12,15H,10-11,13-14H2,1-3H3,(H2,27,28). The Bertz CT molecular complexity index is 998. The van der Waals surface area contributed by atoms with Crippen LogP contribution in [0, 0.1) is 5.92 Å². The summed E-state index contributed by atoms with van der Waals surface area (Å²) in [7, 11) is 0. The topological polar surface area (TPSA) is 75.8 Å². The number of aliphatic imine (C=N–C) groups is 1. The predicted octanol–water partition coefficient (Wildman–Crippen LogP) is 4.81. The van der Waals surface area contributed by atoms with Gasteiger partial charge in [0.15, 0.2) is 5.96 Å². The Balaban J connectivity index is 1.61. The molecular weight excluding hydrogens is 433 g/mol. The van der Waals surface area contributed by atoms with E-state index in [1.54, 1.807) is 18.2 Å². The van der Waals surface area contributed by atoms with E-state index < -0.39 is 5.54 Å². The maximum atomic E-state index is 12.9. The quantitative estimate of drug-likeness (QED) is 0.615. The second-order valence-corrected chi connectivity index (χ2v) is 9.59. The summed E-state index contributed by atoms with van der Waals surface area (Å²) >= 11 is 12.0. The van der Waals surface area contributed by atoms with E-state index in [4.69, 9.17) is 28.9 Å². The Hall–Kier alpha value is -2.37. The molecule has 0 saturated carbocycles. The lowest BCUT2D eigenvalue weighted by molar-refractivity contribution is -0.131. The lowest BCUT2D eigenvalue weighted by atomic mass is 9.91. The van der Waals surface area contributed by atoms with Crippen molar-refractivity contribution in [3.05, 3.63) is 69.2 Å². The molecule has 0 spiro atoms. The van der Waals surface area contributed by atoms with E-state index in [9.17, 15) is 9.59 Å². The molecule has 1 aliphatic rings. The molecule has 1 heterocycles. The SMILES string of the molecule is CC(C)CC1(C)N=C(N)N(Cc2ccc(CC(=O)Cc3cc(Cl)cc(Cl)c3)cc2)C1=O. The van der Waals surface area contributed by atoms with E-state index in [1.807, 2.05) is 31.2 Å². The van der Waals surface area contributed by atoms with Crippen molar-refractivity contribution in [1.29, 1.82) is 0 Å². The van der Waals surface area contributed by atoms with Crippen LogP contribution in [0.15, 0.2) is 47.5 Å². The number of nitrogens with two attached hydrogens (primary N) is 1. The Morgan fingerprint density at radius 2 is 1.58 bits per heavy atom. The van der Waals surface area contributed by atoms with Crippen LogP contribution in [0.3, 0.4) is 0 Å². The number of hydrogen-bond donors (Lipinski definition) is 1. The number of benzene rings is 2. The summed E-state index contributed by atoms with van der Waals surface area (Å²) in [5.41, 5.74) is 7.88. The zero-order chi connectivity index (χ0) is 22.8. The number of ketones is 1. The van der Waals surface area contributed by atoms with Gasteiger partial charge in [-0.2, -0.15) is 0 Å². The van der Waals surface area contributed by atoms with Gasteiger partial charge in [0, 0.05) is 22.9 Å². The summed E-state index contributed by atoms with van der Waals surface area (Å²) in [5, 5.41) is 1.03. The molecule has 0 aromatic heterocycles. The molecule has 1 amide bonds. The first kappa shape index (κ1) is 23.3. The number of Topliss-reactive ketones (excluding diaryl/α,β-unsaturated/α-hetero) is 1. The van der Waals surface area contributed by atoms with Gasteiger partial charge < -0.3 is 5.73 Å². The number of rotatable bonds is 8. The maximum Gasteiger partial charge on any atom is 0.257 e. The first-order chi connectivity index (χ1) is 14.6. The molecule has 2 aromatic rings. The van der Waals surface area contributed by atoms with Gasteiger partial charge in [-0.15, -0.1) is 0 Å². The number of halogens is 2. The molecule has 0 bridgehead atoms. The molecule has 1 atom stereocenters. The zero-order valence-electron chi connectivity index (χ0n) is 18.0. The molecule has 31 heavy (non-hydrogen) atoms. The second kappa shape index (κ2) is 9.41. The average molecular weight is 460 g/mol. The van der Waals surface area contributed by atoms with Gasteiger partial charge in [-0.3, -0.25) is 14.5 Å². The van der Waals surface area contributed by atoms with Crippen LogP contribution in [0.4, 0.5) is 0 Å². The molecule has 3 rings (SSSR count). The van der Waals surface area contributed by atoms with Gasteiger partial charge in [0.05, 0.1) is 6.54 Å². The van der Waals surface area contributed by atoms with Crippen LogP contribution in [-0.2, 0) is 29.0 Å². The fraction of sp³-hybridized carbons (Fsp3) is 0.375. The molecule has 0 radical (unpaired) electrons. The molecule has 0 fully saturated rings. The summed E-state index contributed by atoms with van der Waals surface area (Å²) in [6.45, 7) is 6.32. The summed E-state index contributed by atoms with van der Waals surface area (Å²) in [5.74, 6) is 0.595. The van der Waals surface area contributed by atoms with Crippen LogP contribution in [0.5, 0.6) is 0 Å². The van der Waals surface area contributed by atoms with E-state index >= 15 is 0 Å². The summed E-state index contributed by atoms with van der Waals surface area (Å²) in [6.07, 6.45) is 1.23. The van der Waals surface area contributed by atoms with Gasteiger partial charge in [0.1, 0.15) is 11.3 Å². The molecule has 7 heteroatoms. The third kappa shape index (κ3) is 5.86. The zero-order valence-corrected chi connectivity index (χ0v) is 19.5. The van der Waals surface area contributed by atoms with Gasteiger partial charge in [0.25, 0.3) is 5.91 Å².